The molecule has 4 heteroatoms. The lowest BCUT2D eigenvalue weighted by molar-refractivity contribution is 0.0688. The molecule has 1 aliphatic heterocycles. The molecule has 1 aliphatic rings. The number of rotatable bonds is 3. The zero-order chi connectivity index (χ0) is 19.8. The van der Waals surface area contributed by atoms with Gasteiger partial charge in [-0.15, -0.1) is 0 Å². The van der Waals surface area contributed by atoms with Gasteiger partial charge in [-0.3, -0.25) is 4.79 Å². The Bertz CT molecular complexity index is 1180. The molecule has 0 fully saturated rings. The second kappa shape index (κ2) is 7.13. The quantitative estimate of drug-likeness (QED) is 0.544. The molecule has 0 radical (unpaired) electrons. The number of para-hydroxylation sites is 2. The average Bonchev–Trinajstić information content (AvgIpc) is 3.17. The van der Waals surface area contributed by atoms with Crippen LogP contribution in [-0.2, 0) is 6.42 Å². The first-order chi connectivity index (χ1) is 14.3. The van der Waals surface area contributed by atoms with Crippen molar-refractivity contribution >= 4 is 16.8 Å². The zero-order valence-corrected chi connectivity index (χ0v) is 16.3. The van der Waals surface area contributed by atoms with E-state index in [1.165, 1.54) is 10.9 Å². The standard InChI is InChI=1S/C25H22N2O2/c1-29-22-14-8-6-12-20(22)25(28)27-16-15-19-18-11-5-7-13-21(18)26-23(19)24(27)17-9-3-2-4-10-17/h2-14,24,26H,15-16H2,1H3. The van der Waals surface area contributed by atoms with Crippen LogP contribution in [0.15, 0.2) is 78.9 Å². The van der Waals surface area contributed by atoms with Gasteiger partial charge < -0.3 is 14.6 Å². The number of carbonyl (C=O) groups is 1. The van der Waals surface area contributed by atoms with Gasteiger partial charge in [0, 0.05) is 23.1 Å². The van der Waals surface area contributed by atoms with Gasteiger partial charge in [-0.2, -0.15) is 0 Å². The molecule has 1 atom stereocenters. The molecule has 5 rings (SSSR count). The van der Waals surface area contributed by atoms with Gasteiger partial charge in [0.1, 0.15) is 5.75 Å². The highest BCUT2D eigenvalue weighted by molar-refractivity contribution is 5.98. The molecule has 29 heavy (non-hydrogen) atoms. The molecule has 0 saturated carbocycles. The van der Waals surface area contributed by atoms with E-state index in [0.717, 1.165) is 23.2 Å². The maximum Gasteiger partial charge on any atom is 0.258 e. The molecule has 0 bridgehead atoms. The number of carbonyl (C=O) groups excluding carboxylic acids is 1. The number of aromatic nitrogens is 1. The highest BCUT2D eigenvalue weighted by atomic mass is 16.5. The Morgan fingerprint density at radius 1 is 0.966 bits per heavy atom. The van der Waals surface area contributed by atoms with Crippen LogP contribution in [-0.4, -0.2) is 29.4 Å². The van der Waals surface area contributed by atoms with Crippen LogP contribution in [0.5, 0.6) is 5.75 Å². The molecule has 1 N–H and O–H groups in total. The lowest BCUT2D eigenvalue weighted by Crippen LogP contribution is -2.40. The van der Waals surface area contributed by atoms with Crippen molar-refractivity contribution in [3.63, 3.8) is 0 Å². The number of amides is 1. The van der Waals surface area contributed by atoms with E-state index in [1.54, 1.807) is 7.11 Å². The van der Waals surface area contributed by atoms with Crippen molar-refractivity contribution in [1.29, 1.82) is 0 Å². The van der Waals surface area contributed by atoms with Crippen molar-refractivity contribution in [3.05, 3.63) is 101 Å². The van der Waals surface area contributed by atoms with E-state index in [-0.39, 0.29) is 11.9 Å². The molecular weight excluding hydrogens is 360 g/mol. The summed E-state index contributed by atoms with van der Waals surface area (Å²) < 4.78 is 5.46. The molecule has 0 saturated heterocycles. The van der Waals surface area contributed by atoms with Crippen LogP contribution >= 0.6 is 0 Å². The van der Waals surface area contributed by atoms with Crippen molar-refractivity contribution in [1.82, 2.24) is 9.88 Å². The second-order valence-corrected chi connectivity index (χ2v) is 7.32. The summed E-state index contributed by atoms with van der Waals surface area (Å²) >= 11 is 0. The van der Waals surface area contributed by atoms with Crippen molar-refractivity contribution in [3.8, 4) is 5.75 Å². The zero-order valence-electron chi connectivity index (χ0n) is 16.3. The molecule has 1 aromatic heterocycles. The van der Waals surface area contributed by atoms with Crippen LogP contribution in [0.3, 0.4) is 0 Å². The Morgan fingerprint density at radius 3 is 2.52 bits per heavy atom. The van der Waals surface area contributed by atoms with Crippen LogP contribution in [0.2, 0.25) is 0 Å². The molecule has 0 spiro atoms. The van der Waals surface area contributed by atoms with Gasteiger partial charge in [0.05, 0.1) is 18.7 Å². The third kappa shape index (κ3) is 2.88. The lowest BCUT2D eigenvalue weighted by atomic mass is 9.91. The minimum Gasteiger partial charge on any atom is -0.496 e. The molecular formula is C25H22N2O2. The molecule has 4 aromatic rings. The number of hydrogen-bond donors (Lipinski definition) is 1. The summed E-state index contributed by atoms with van der Waals surface area (Å²) in [6.45, 7) is 0.658. The van der Waals surface area contributed by atoms with Crippen molar-refractivity contribution < 1.29 is 9.53 Å². The molecule has 2 heterocycles. The third-order valence-electron chi connectivity index (χ3n) is 5.75. The fourth-order valence-electron chi connectivity index (χ4n) is 4.42. The van der Waals surface area contributed by atoms with E-state index >= 15 is 0 Å². The first-order valence-corrected chi connectivity index (χ1v) is 9.86. The highest BCUT2D eigenvalue weighted by Gasteiger charge is 2.35. The maximum atomic E-state index is 13.6. The van der Waals surface area contributed by atoms with E-state index in [1.807, 2.05) is 53.4 Å². The predicted octanol–water partition coefficient (Wildman–Crippen LogP) is 4.96. The summed E-state index contributed by atoms with van der Waals surface area (Å²) in [4.78, 5) is 19.2. The number of fused-ring (bicyclic) bond motifs is 3. The number of methoxy groups -OCH3 is 1. The Hall–Kier alpha value is -3.53. The van der Waals surface area contributed by atoms with Gasteiger partial charge in [-0.25, -0.2) is 0 Å². The van der Waals surface area contributed by atoms with E-state index in [4.69, 9.17) is 4.74 Å². The minimum absolute atomic E-state index is 0.0133. The van der Waals surface area contributed by atoms with Gasteiger partial charge in [0.15, 0.2) is 0 Å². The molecule has 1 unspecified atom stereocenters. The first kappa shape index (κ1) is 17.6. The van der Waals surface area contributed by atoms with E-state index in [0.29, 0.717) is 17.9 Å². The monoisotopic (exact) mass is 382 g/mol. The molecule has 3 aromatic carbocycles. The Balaban J connectivity index is 1.67. The van der Waals surface area contributed by atoms with Crippen molar-refractivity contribution in [2.75, 3.05) is 13.7 Å². The molecule has 0 aliphatic carbocycles. The summed E-state index contributed by atoms with van der Waals surface area (Å²) in [5, 5.41) is 1.24. The van der Waals surface area contributed by atoms with Gasteiger partial charge in [0.2, 0.25) is 0 Å². The number of nitrogens with one attached hydrogen (secondary N) is 1. The number of H-pyrrole nitrogens is 1. The van der Waals surface area contributed by atoms with Crippen molar-refractivity contribution in [2.45, 2.75) is 12.5 Å². The Labute approximate surface area is 169 Å². The summed E-state index contributed by atoms with van der Waals surface area (Å²) in [6, 6.07) is 25.9. The van der Waals surface area contributed by atoms with Crippen LogP contribution in [0.1, 0.15) is 33.2 Å². The largest absolute Gasteiger partial charge is 0.496 e. The van der Waals surface area contributed by atoms with Crippen LogP contribution in [0.4, 0.5) is 0 Å². The molecule has 1 amide bonds. The van der Waals surface area contributed by atoms with Crippen LogP contribution in [0, 0.1) is 0 Å². The van der Waals surface area contributed by atoms with Gasteiger partial charge in [0.25, 0.3) is 5.91 Å². The Morgan fingerprint density at radius 2 is 1.69 bits per heavy atom. The minimum atomic E-state index is -0.162. The van der Waals surface area contributed by atoms with Gasteiger partial charge in [-0.1, -0.05) is 60.7 Å². The predicted molar refractivity (Wildman–Crippen MR) is 114 cm³/mol. The van der Waals surface area contributed by atoms with E-state index < -0.39 is 0 Å². The molecule has 144 valence electrons. The summed E-state index contributed by atoms with van der Waals surface area (Å²) in [5.74, 6) is 0.590. The Kier molecular flexibility index (Phi) is 4.32. The fraction of sp³-hybridized carbons (Fsp3) is 0.160. The van der Waals surface area contributed by atoms with E-state index in [2.05, 4.69) is 35.3 Å². The second-order valence-electron chi connectivity index (χ2n) is 7.32. The summed E-state index contributed by atoms with van der Waals surface area (Å²) in [7, 11) is 1.60. The fourth-order valence-corrected chi connectivity index (χ4v) is 4.42. The van der Waals surface area contributed by atoms with Gasteiger partial charge >= 0.3 is 0 Å². The number of nitrogens with zero attached hydrogens (tertiary/aromatic N) is 1. The van der Waals surface area contributed by atoms with E-state index in [9.17, 15) is 4.79 Å². The topological polar surface area (TPSA) is 45.3 Å². The van der Waals surface area contributed by atoms with Crippen LogP contribution < -0.4 is 4.74 Å². The summed E-state index contributed by atoms with van der Waals surface area (Å²) in [5.41, 5.74) is 5.22. The smallest absolute Gasteiger partial charge is 0.258 e. The first-order valence-electron chi connectivity index (χ1n) is 9.86. The third-order valence-corrected chi connectivity index (χ3v) is 5.75. The maximum absolute atomic E-state index is 13.6. The highest BCUT2D eigenvalue weighted by Crippen LogP contribution is 2.39. The number of hydrogen-bond acceptors (Lipinski definition) is 2. The number of benzene rings is 3. The summed E-state index contributed by atoms with van der Waals surface area (Å²) in [6.07, 6.45) is 0.823. The lowest BCUT2D eigenvalue weighted by Gasteiger charge is -2.36. The van der Waals surface area contributed by atoms with Crippen LogP contribution in [0.25, 0.3) is 10.9 Å². The molecule has 4 nitrogen and oxygen atoms in total. The number of ether oxygens (including phenoxy) is 1. The normalized spacial score (nSPS) is 15.9. The van der Waals surface area contributed by atoms with Gasteiger partial charge in [-0.05, 0) is 35.7 Å². The number of aromatic amines is 1. The SMILES string of the molecule is COc1ccccc1C(=O)N1CCc2c([nH]c3ccccc23)C1c1ccccc1. The average molecular weight is 382 g/mol. The van der Waals surface area contributed by atoms with Crippen molar-refractivity contribution in [2.24, 2.45) is 0 Å².